The number of likely N-dealkylation sites (tertiary alicyclic amines) is 1. The zero-order chi connectivity index (χ0) is 26.8. The summed E-state index contributed by atoms with van der Waals surface area (Å²) in [5.74, 6) is -1.44. The van der Waals surface area contributed by atoms with Crippen molar-refractivity contribution in [3.05, 3.63) is 68.7 Å². The van der Waals surface area contributed by atoms with E-state index in [9.17, 15) is 19.5 Å². The van der Waals surface area contributed by atoms with Gasteiger partial charge in [-0.1, -0.05) is 67.4 Å². The second-order valence-electron chi connectivity index (χ2n) is 10.2. The van der Waals surface area contributed by atoms with Crippen LogP contribution < -0.4 is 5.32 Å². The van der Waals surface area contributed by atoms with Gasteiger partial charge in [0.2, 0.25) is 5.91 Å². The summed E-state index contributed by atoms with van der Waals surface area (Å²) >= 11 is 9.35. The molecule has 0 spiro atoms. The van der Waals surface area contributed by atoms with Crippen LogP contribution in [0.25, 0.3) is 0 Å². The van der Waals surface area contributed by atoms with Crippen LogP contribution in [0.1, 0.15) is 60.4 Å². The van der Waals surface area contributed by atoms with Gasteiger partial charge in [-0.15, -0.1) is 0 Å². The standard InChI is InChI=1S/C27H32BrClN2O5/c1-16(2)22(30-23(32)17-12-18(25(34)36-5)14-20(28)13-17)24(33)31-11-10-27(35,26(3,4)15-31)19-6-8-21(29)9-7-19/h6-9,12-14,16,22,35H,10-11,15H2,1-5H3,(H,30,32)/t22?,27-/m0/s1. The van der Waals surface area contributed by atoms with Gasteiger partial charge in [-0.05, 0) is 48.2 Å². The smallest absolute Gasteiger partial charge is 0.337 e. The first-order valence-corrected chi connectivity index (χ1v) is 12.9. The number of esters is 1. The number of nitrogens with zero attached hydrogens (tertiary/aromatic N) is 1. The van der Waals surface area contributed by atoms with Crippen LogP contribution in [0.15, 0.2) is 46.9 Å². The molecule has 1 saturated heterocycles. The van der Waals surface area contributed by atoms with Crippen LogP contribution in [0.3, 0.4) is 0 Å². The minimum absolute atomic E-state index is 0.186. The molecule has 1 aliphatic rings. The van der Waals surface area contributed by atoms with Crippen molar-refractivity contribution in [2.75, 3.05) is 20.2 Å². The number of ether oxygens (including phenoxy) is 1. The number of halogens is 2. The molecule has 0 radical (unpaired) electrons. The molecule has 9 heteroatoms. The van der Waals surface area contributed by atoms with E-state index in [1.807, 2.05) is 39.8 Å². The highest BCUT2D eigenvalue weighted by molar-refractivity contribution is 9.10. The van der Waals surface area contributed by atoms with Crippen LogP contribution in [0.4, 0.5) is 0 Å². The van der Waals surface area contributed by atoms with Gasteiger partial charge in [0, 0.05) is 33.6 Å². The number of hydrogen-bond acceptors (Lipinski definition) is 5. The van der Waals surface area contributed by atoms with Gasteiger partial charge >= 0.3 is 5.97 Å². The van der Waals surface area contributed by atoms with Crippen molar-refractivity contribution in [1.29, 1.82) is 0 Å². The largest absolute Gasteiger partial charge is 0.465 e. The molecular formula is C27H32BrClN2O5. The van der Waals surface area contributed by atoms with Crippen LogP contribution in [0.5, 0.6) is 0 Å². The maximum atomic E-state index is 13.6. The Bertz CT molecular complexity index is 1150. The Labute approximate surface area is 225 Å². The average Bonchev–Trinajstić information content (AvgIpc) is 2.82. The first-order valence-electron chi connectivity index (χ1n) is 11.8. The van der Waals surface area contributed by atoms with Crippen molar-refractivity contribution in [2.24, 2.45) is 11.3 Å². The number of nitrogens with one attached hydrogen (secondary N) is 1. The Kier molecular flexibility index (Phi) is 8.53. The lowest BCUT2D eigenvalue weighted by molar-refractivity contribution is -0.155. The molecule has 2 amide bonds. The number of aliphatic hydroxyl groups is 1. The minimum atomic E-state index is -1.13. The van der Waals surface area contributed by atoms with Gasteiger partial charge in [-0.25, -0.2) is 4.79 Å². The molecule has 1 heterocycles. The maximum Gasteiger partial charge on any atom is 0.337 e. The summed E-state index contributed by atoms with van der Waals surface area (Å²) in [7, 11) is 1.27. The lowest BCUT2D eigenvalue weighted by atomic mass is 9.66. The Morgan fingerprint density at radius 1 is 1.11 bits per heavy atom. The molecule has 2 atom stereocenters. The first kappa shape index (κ1) is 28.2. The van der Waals surface area contributed by atoms with Crippen LogP contribution in [-0.2, 0) is 15.1 Å². The second kappa shape index (κ2) is 10.9. The molecule has 0 saturated carbocycles. The SMILES string of the molecule is COC(=O)c1cc(Br)cc(C(=O)NC(C(=O)N2CC[C@](O)(c3ccc(Cl)cc3)C(C)(C)C2)C(C)C)c1. The fourth-order valence-corrected chi connectivity index (χ4v) is 5.28. The van der Waals surface area contributed by atoms with Crippen molar-refractivity contribution in [1.82, 2.24) is 10.2 Å². The molecule has 1 unspecified atom stereocenters. The summed E-state index contributed by atoms with van der Waals surface area (Å²) in [6.07, 6.45) is 0.347. The van der Waals surface area contributed by atoms with Crippen molar-refractivity contribution in [3.8, 4) is 0 Å². The highest BCUT2D eigenvalue weighted by atomic mass is 79.9. The van der Waals surface area contributed by atoms with E-state index in [4.69, 9.17) is 16.3 Å². The van der Waals surface area contributed by atoms with E-state index in [1.54, 1.807) is 29.2 Å². The van der Waals surface area contributed by atoms with Crippen molar-refractivity contribution < 1.29 is 24.2 Å². The zero-order valence-corrected chi connectivity index (χ0v) is 23.4. The number of hydrogen-bond donors (Lipinski definition) is 2. The molecule has 2 aromatic carbocycles. The topological polar surface area (TPSA) is 95.9 Å². The number of carbonyl (C=O) groups is 3. The fourth-order valence-electron chi connectivity index (χ4n) is 4.66. The molecular weight excluding hydrogens is 548 g/mol. The zero-order valence-electron chi connectivity index (χ0n) is 21.1. The quantitative estimate of drug-likeness (QED) is 0.480. The van der Waals surface area contributed by atoms with E-state index in [2.05, 4.69) is 21.2 Å². The third kappa shape index (κ3) is 5.76. The molecule has 194 valence electrons. The highest BCUT2D eigenvalue weighted by Crippen LogP contribution is 2.46. The molecule has 0 bridgehead atoms. The van der Waals surface area contributed by atoms with E-state index in [-0.39, 0.29) is 23.0 Å². The average molecular weight is 580 g/mol. The predicted molar refractivity (Wildman–Crippen MR) is 142 cm³/mol. The molecule has 2 N–H and O–H groups in total. The van der Waals surface area contributed by atoms with Crippen LogP contribution in [-0.4, -0.2) is 54.0 Å². The van der Waals surface area contributed by atoms with Gasteiger partial charge in [0.1, 0.15) is 6.04 Å². The summed E-state index contributed by atoms with van der Waals surface area (Å²) in [5.41, 5.74) is -0.567. The normalized spacial score (nSPS) is 20.1. The van der Waals surface area contributed by atoms with Crippen molar-refractivity contribution in [2.45, 2.75) is 45.8 Å². The van der Waals surface area contributed by atoms with Gasteiger partial charge in [0.15, 0.2) is 0 Å². The highest BCUT2D eigenvalue weighted by Gasteiger charge is 2.50. The first-order chi connectivity index (χ1) is 16.8. The minimum Gasteiger partial charge on any atom is -0.465 e. The number of carbonyl (C=O) groups excluding carboxylic acids is 3. The Hall–Kier alpha value is -2.42. The van der Waals surface area contributed by atoms with E-state index < -0.39 is 28.9 Å². The number of benzene rings is 2. The number of methoxy groups -OCH3 is 1. The Morgan fingerprint density at radius 2 is 1.72 bits per heavy atom. The summed E-state index contributed by atoms with van der Waals surface area (Å²) in [6, 6.07) is 10.9. The van der Waals surface area contributed by atoms with Gasteiger partial charge in [0.05, 0.1) is 18.3 Å². The number of rotatable bonds is 6. The van der Waals surface area contributed by atoms with Crippen LogP contribution in [0.2, 0.25) is 5.02 Å². The van der Waals surface area contributed by atoms with Crippen molar-refractivity contribution >= 4 is 45.3 Å². The third-order valence-electron chi connectivity index (χ3n) is 6.88. The lowest BCUT2D eigenvalue weighted by Crippen LogP contribution is -2.60. The van der Waals surface area contributed by atoms with Crippen molar-refractivity contribution in [3.63, 3.8) is 0 Å². The predicted octanol–water partition coefficient (Wildman–Crippen LogP) is 4.79. The molecule has 36 heavy (non-hydrogen) atoms. The summed E-state index contributed by atoms with van der Waals surface area (Å²) < 4.78 is 5.30. The van der Waals surface area contributed by atoms with Gasteiger partial charge in [0.25, 0.3) is 5.91 Å². The summed E-state index contributed by atoms with van der Waals surface area (Å²) in [4.78, 5) is 40.4. The summed E-state index contributed by atoms with van der Waals surface area (Å²) in [5, 5.41) is 15.1. The molecule has 1 aliphatic heterocycles. The molecule has 1 fully saturated rings. The fraction of sp³-hybridized carbons (Fsp3) is 0.444. The third-order valence-corrected chi connectivity index (χ3v) is 7.59. The monoisotopic (exact) mass is 578 g/mol. The van der Waals surface area contributed by atoms with E-state index in [0.29, 0.717) is 29.0 Å². The van der Waals surface area contributed by atoms with E-state index >= 15 is 0 Å². The van der Waals surface area contributed by atoms with Crippen LogP contribution >= 0.6 is 27.5 Å². The Balaban J connectivity index is 1.79. The van der Waals surface area contributed by atoms with Gasteiger partial charge < -0.3 is 20.1 Å². The molecule has 0 aliphatic carbocycles. The van der Waals surface area contributed by atoms with E-state index in [1.165, 1.54) is 13.2 Å². The second-order valence-corrected chi connectivity index (χ2v) is 11.5. The molecule has 2 aromatic rings. The summed E-state index contributed by atoms with van der Waals surface area (Å²) in [6.45, 7) is 8.24. The molecule has 0 aromatic heterocycles. The molecule has 3 rings (SSSR count). The van der Waals surface area contributed by atoms with Gasteiger partial charge in [-0.3, -0.25) is 9.59 Å². The molecule has 7 nitrogen and oxygen atoms in total. The van der Waals surface area contributed by atoms with Crippen LogP contribution in [0, 0.1) is 11.3 Å². The number of amides is 2. The van der Waals surface area contributed by atoms with Gasteiger partial charge in [-0.2, -0.15) is 0 Å². The number of piperidine rings is 1. The lowest BCUT2D eigenvalue weighted by Gasteiger charge is -2.51. The maximum absolute atomic E-state index is 13.6. The van der Waals surface area contributed by atoms with E-state index in [0.717, 1.165) is 5.56 Å². The Morgan fingerprint density at radius 3 is 2.28 bits per heavy atom.